The molecule has 0 bridgehead atoms. The molecule has 0 fully saturated rings. The Morgan fingerprint density at radius 3 is 2.58 bits per heavy atom. The first kappa shape index (κ1) is 8.80. The van der Waals surface area contributed by atoms with Crippen molar-refractivity contribution in [2.45, 2.75) is 0 Å². The molecule has 0 amide bonds. The van der Waals surface area contributed by atoms with E-state index in [2.05, 4.69) is 5.43 Å². The van der Waals surface area contributed by atoms with E-state index < -0.39 is 0 Å². The number of nitrogens with zero attached hydrogens (tertiary/aromatic N) is 1. The van der Waals surface area contributed by atoms with Gasteiger partial charge in [0.25, 0.3) is 0 Å². The zero-order valence-electron chi connectivity index (χ0n) is 7.13. The van der Waals surface area contributed by atoms with Crippen LogP contribution >= 0.6 is 0 Å². The predicted molar refractivity (Wildman–Crippen MR) is 48.1 cm³/mol. The quantitative estimate of drug-likeness (QED) is 0.518. The molecule has 0 unspecified atom stereocenters. The lowest BCUT2D eigenvalue weighted by Crippen LogP contribution is -2.20. The second kappa shape index (κ2) is 3.40. The summed E-state index contributed by atoms with van der Waals surface area (Å²) in [6, 6.07) is 4.53. The fraction of sp³-hybridized carbons (Fsp3) is 0.250. The van der Waals surface area contributed by atoms with Gasteiger partial charge in [0.15, 0.2) is 0 Å². The smallest absolute Gasteiger partial charge is 0.149 e. The van der Waals surface area contributed by atoms with E-state index in [1.54, 1.807) is 31.2 Å². The van der Waals surface area contributed by atoms with E-state index >= 15 is 0 Å². The molecule has 0 aromatic heterocycles. The van der Waals surface area contributed by atoms with Crippen molar-refractivity contribution in [1.29, 1.82) is 0 Å². The van der Waals surface area contributed by atoms with Crippen molar-refractivity contribution in [1.82, 2.24) is 5.01 Å². The predicted octanol–water partition coefficient (Wildman–Crippen LogP) is 1.30. The fourth-order valence-corrected chi connectivity index (χ4v) is 0.863. The highest BCUT2D eigenvalue weighted by Crippen LogP contribution is 2.16. The second-order valence-electron chi connectivity index (χ2n) is 2.75. The van der Waals surface area contributed by atoms with Crippen LogP contribution in [0.5, 0.6) is 0 Å². The lowest BCUT2D eigenvalue weighted by Gasteiger charge is -2.13. The van der Waals surface area contributed by atoms with Crippen LogP contribution in [0.3, 0.4) is 0 Å². The molecule has 12 heavy (non-hydrogen) atoms. The molecule has 0 radical (unpaired) electrons. The van der Waals surface area contributed by atoms with Gasteiger partial charge in [0, 0.05) is 19.8 Å². The highest BCUT2D eigenvalue weighted by Gasteiger charge is 2.01. The van der Waals surface area contributed by atoms with E-state index in [1.165, 1.54) is 6.07 Å². The van der Waals surface area contributed by atoms with Crippen molar-refractivity contribution in [2.24, 2.45) is 0 Å². The Hall–Kier alpha value is -1.29. The molecule has 4 heteroatoms. The Kier molecular flexibility index (Phi) is 2.50. The van der Waals surface area contributed by atoms with Crippen molar-refractivity contribution >= 4 is 11.4 Å². The molecule has 0 aliphatic heterocycles. The molecule has 0 saturated heterocycles. The summed E-state index contributed by atoms with van der Waals surface area (Å²) in [5, 5.41) is 1.66. The number of halogens is 1. The van der Waals surface area contributed by atoms with Crippen molar-refractivity contribution in [3.63, 3.8) is 0 Å². The summed E-state index contributed by atoms with van der Waals surface area (Å²) >= 11 is 0. The van der Waals surface area contributed by atoms with Crippen LogP contribution in [-0.2, 0) is 0 Å². The van der Waals surface area contributed by atoms with E-state index in [1.807, 2.05) is 0 Å². The van der Waals surface area contributed by atoms with Crippen molar-refractivity contribution < 1.29 is 4.39 Å². The molecular weight excluding hydrogens is 157 g/mol. The van der Waals surface area contributed by atoms with E-state index in [4.69, 9.17) is 5.73 Å². The van der Waals surface area contributed by atoms with Crippen LogP contribution in [0.4, 0.5) is 15.8 Å². The zero-order valence-corrected chi connectivity index (χ0v) is 7.13. The average molecular weight is 169 g/mol. The van der Waals surface area contributed by atoms with Crippen LogP contribution in [0.25, 0.3) is 0 Å². The maximum atomic E-state index is 13.0. The molecular formula is C8H12FN3. The van der Waals surface area contributed by atoms with Crippen molar-refractivity contribution in [3.8, 4) is 0 Å². The van der Waals surface area contributed by atoms with Gasteiger partial charge in [-0.2, -0.15) is 0 Å². The standard InChI is InChI=1S/C8H12FN3/c1-12(2)11-8-4-3-6(10)5-7(8)9/h3-5,11H,10H2,1-2H3. The second-order valence-corrected chi connectivity index (χ2v) is 2.75. The molecule has 66 valence electrons. The Bertz CT molecular complexity index is 273. The van der Waals surface area contributed by atoms with Gasteiger partial charge >= 0.3 is 0 Å². The number of nitrogens with one attached hydrogen (secondary N) is 1. The third-order valence-corrected chi connectivity index (χ3v) is 1.34. The molecule has 0 spiro atoms. The first-order valence-electron chi connectivity index (χ1n) is 3.58. The summed E-state index contributed by atoms with van der Waals surface area (Å²) in [4.78, 5) is 0. The van der Waals surface area contributed by atoms with Crippen LogP contribution in [-0.4, -0.2) is 19.1 Å². The SMILES string of the molecule is CN(C)Nc1ccc(N)cc1F. The van der Waals surface area contributed by atoms with Gasteiger partial charge in [-0.15, -0.1) is 0 Å². The maximum Gasteiger partial charge on any atom is 0.149 e. The third kappa shape index (κ3) is 2.10. The first-order chi connectivity index (χ1) is 5.59. The van der Waals surface area contributed by atoms with Gasteiger partial charge in [-0.3, -0.25) is 0 Å². The summed E-state index contributed by atoms with van der Waals surface area (Å²) in [5.41, 5.74) is 9.03. The van der Waals surface area contributed by atoms with Crippen LogP contribution in [0, 0.1) is 5.82 Å². The molecule has 0 heterocycles. The minimum absolute atomic E-state index is 0.344. The number of benzene rings is 1. The summed E-state index contributed by atoms with van der Waals surface area (Å²) < 4.78 is 13.0. The van der Waals surface area contributed by atoms with Crippen LogP contribution < -0.4 is 11.2 Å². The average Bonchev–Trinajstić information content (AvgIpc) is 1.94. The summed E-state index contributed by atoms with van der Waals surface area (Å²) in [6.45, 7) is 0. The van der Waals surface area contributed by atoms with Crippen LogP contribution in [0.2, 0.25) is 0 Å². The normalized spacial score (nSPS) is 10.3. The molecule has 0 aliphatic carbocycles. The van der Waals surface area contributed by atoms with Gasteiger partial charge in [-0.05, 0) is 18.2 Å². The molecule has 1 rings (SSSR count). The zero-order chi connectivity index (χ0) is 9.14. The number of anilines is 2. The van der Waals surface area contributed by atoms with Gasteiger partial charge in [0.1, 0.15) is 5.82 Å². The van der Waals surface area contributed by atoms with E-state index in [0.717, 1.165) is 0 Å². The van der Waals surface area contributed by atoms with E-state index in [0.29, 0.717) is 11.4 Å². The minimum Gasteiger partial charge on any atom is -0.399 e. The van der Waals surface area contributed by atoms with Gasteiger partial charge in [-0.25, -0.2) is 9.40 Å². The highest BCUT2D eigenvalue weighted by atomic mass is 19.1. The largest absolute Gasteiger partial charge is 0.399 e. The Morgan fingerprint density at radius 2 is 2.08 bits per heavy atom. The fourth-order valence-electron chi connectivity index (χ4n) is 0.863. The van der Waals surface area contributed by atoms with Gasteiger partial charge in [0.2, 0.25) is 0 Å². The Morgan fingerprint density at radius 1 is 1.42 bits per heavy atom. The van der Waals surface area contributed by atoms with E-state index in [9.17, 15) is 4.39 Å². The summed E-state index contributed by atoms with van der Waals surface area (Å²) in [7, 11) is 3.57. The lowest BCUT2D eigenvalue weighted by molar-refractivity contribution is 0.487. The van der Waals surface area contributed by atoms with Gasteiger partial charge < -0.3 is 11.2 Å². The van der Waals surface area contributed by atoms with Crippen molar-refractivity contribution in [3.05, 3.63) is 24.0 Å². The topological polar surface area (TPSA) is 41.3 Å². The highest BCUT2D eigenvalue weighted by molar-refractivity contribution is 5.51. The van der Waals surface area contributed by atoms with Crippen molar-refractivity contribution in [2.75, 3.05) is 25.3 Å². The molecule has 0 atom stereocenters. The number of hydrazine groups is 1. The number of nitrogens with two attached hydrogens (primary N) is 1. The minimum atomic E-state index is -0.344. The van der Waals surface area contributed by atoms with Crippen LogP contribution in [0.15, 0.2) is 18.2 Å². The molecule has 0 aliphatic rings. The van der Waals surface area contributed by atoms with Gasteiger partial charge in [-0.1, -0.05) is 0 Å². The molecule has 3 N–H and O–H groups in total. The Balaban J connectivity index is 2.86. The number of hydrogen-bond acceptors (Lipinski definition) is 3. The number of hydrogen-bond donors (Lipinski definition) is 2. The lowest BCUT2D eigenvalue weighted by atomic mass is 10.3. The summed E-state index contributed by atoms with van der Waals surface area (Å²) in [6.07, 6.45) is 0. The molecule has 3 nitrogen and oxygen atoms in total. The number of rotatable bonds is 2. The van der Waals surface area contributed by atoms with E-state index in [-0.39, 0.29) is 5.82 Å². The Labute approximate surface area is 70.9 Å². The first-order valence-corrected chi connectivity index (χ1v) is 3.58. The summed E-state index contributed by atoms with van der Waals surface area (Å²) in [5.74, 6) is -0.344. The number of nitrogen functional groups attached to an aromatic ring is 1. The van der Waals surface area contributed by atoms with Crippen LogP contribution in [0.1, 0.15) is 0 Å². The third-order valence-electron chi connectivity index (χ3n) is 1.34. The maximum absolute atomic E-state index is 13.0. The molecule has 1 aromatic carbocycles. The molecule has 1 aromatic rings. The molecule has 0 saturated carbocycles. The monoisotopic (exact) mass is 169 g/mol. The van der Waals surface area contributed by atoms with Gasteiger partial charge in [0.05, 0.1) is 5.69 Å².